The molecule has 88 valence electrons. The molecule has 0 saturated carbocycles. The van der Waals surface area contributed by atoms with Crippen molar-refractivity contribution in [3.05, 3.63) is 47.8 Å². The molecule has 0 aromatic carbocycles. The lowest BCUT2D eigenvalue weighted by atomic mass is 10.1. The van der Waals surface area contributed by atoms with Crippen molar-refractivity contribution in [3.8, 4) is 0 Å². The topological polar surface area (TPSA) is 42.7 Å². The number of rotatable bonds is 2. The van der Waals surface area contributed by atoms with Gasteiger partial charge in [-0.1, -0.05) is 0 Å². The Morgan fingerprint density at radius 2 is 2.24 bits per heavy atom. The van der Waals surface area contributed by atoms with Crippen LogP contribution >= 0.6 is 0 Å². The minimum absolute atomic E-state index is 0.373. The van der Waals surface area contributed by atoms with Gasteiger partial charge in [-0.25, -0.2) is 4.98 Å². The summed E-state index contributed by atoms with van der Waals surface area (Å²) in [5, 5.41) is 3.43. The third-order valence-corrected chi connectivity index (χ3v) is 3.30. The van der Waals surface area contributed by atoms with Gasteiger partial charge in [-0.15, -0.1) is 0 Å². The predicted molar refractivity (Wildman–Crippen MR) is 65.7 cm³/mol. The third-order valence-electron chi connectivity index (χ3n) is 3.30. The van der Waals surface area contributed by atoms with E-state index >= 15 is 0 Å². The molecule has 1 aliphatic heterocycles. The second kappa shape index (κ2) is 4.30. The van der Waals surface area contributed by atoms with Crippen LogP contribution in [0.5, 0.6) is 0 Å². The van der Waals surface area contributed by atoms with E-state index in [2.05, 4.69) is 38.9 Å². The molecule has 0 amide bonds. The molecule has 1 unspecified atom stereocenters. The minimum atomic E-state index is 0.373. The van der Waals surface area contributed by atoms with Crippen LogP contribution in [0.1, 0.15) is 29.9 Å². The number of nitrogens with one attached hydrogen (secondary N) is 1. The zero-order chi connectivity index (χ0) is 11.7. The second-order valence-electron chi connectivity index (χ2n) is 4.49. The highest BCUT2D eigenvalue weighted by atomic mass is 15.1. The van der Waals surface area contributed by atoms with Crippen LogP contribution in [0.2, 0.25) is 0 Å². The van der Waals surface area contributed by atoms with Gasteiger partial charge >= 0.3 is 0 Å². The largest absolute Gasteiger partial charge is 0.330 e. The molecular formula is C13H16N4. The summed E-state index contributed by atoms with van der Waals surface area (Å²) in [5.74, 6) is 0. The van der Waals surface area contributed by atoms with Crippen LogP contribution in [0.4, 0.5) is 0 Å². The highest BCUT2D eigenvalue weighted by molar-refractivity contribution is 5.22. The summed E-state index contributed by atoms with van der Waals surface area (Å²) in [6.45, 7) is 4.09. The van der Waals surface area contributed by atoms with Gasteiger partial charge in [0.25, 0.3) is 0 Å². The average Bonchev–Trinajstić information content (AvgIpc) is 2.76. The summed E-state index contributed by atoms with van der Waals surface area (Å²) < 4.78 is 2.25. The summed E-state index contributed by atoms with van der Waals surface area (Å²) in [7, 11) is 0. The van der Waals surface area contributed by atoms with Gasteiger partial charge in [0, 0.05) is 43.6 Å². The zero-order valence-electron chi connectivity index (χ0n) is 9.93. The van der Waals surface area contributed by atoms with E-state index in [-0.39, 0.29) is 0 Å². The lowest BCUT2D eigenvalue weighted by Crippen LogP contribution is -2.29. The SMILES string of the molecule is CC1NCCc2c1ncn2Cc1ccncc1. The minimum Gasteiger partial charge on any atom is -0.330 e. The molecular weight excluding hydrogens is 212 g/mol. The standard InChI is InChI=1S/C13H16N4/c1-10-13-12(4-7-15-10)17(9-16-13)8-11-2-5-14-6-3-11/h2-3,5-6,9-10,15H,4,7-8H2,1H3. The predicted octanol–water partition coefficient (Wildman–Crippen LogP) is 1.53. The number of nitrogens with zero attached hydrogens (tertiary/aromatic N) is 3. The lowest BCUT2D eigenvalue weighted by Gasteiger charge is -2.21. The summed E-state index contributed by atoms with van der Waals surface area (Å²) in [6.07, 6.45) is 6.69. The van der Waals surface area contributed by atoms with Gasteiger partial charge in [0.2, 0.25) is 0 Å². The highest BCUT2D eigenvalue weighted by Crippen LogP contribution is 2.21. The van der Waals surface area contributed by atoms with Crippen LogP contribution in [0, 0.1) is 0 Å². The molecule has 2 aromatic heterocycles. The van der Waals surface area contributed by atoms with Crippen LogP contribution in [0.3, 0.4) is 0 Å². The van der Waals surface area contributed by atoms with Gasteiger partial charge in [-0.3, -0.25) is 4.98 Å². The number of hydrogen-bond donors (Lipinski definition) is 1. The average molecular weight is 228 g/mol. The van der Waals surface area contributed by atoms with E-state index in [1.807, 2.05) is 18.7 Å². The Kier molecular flexibility index (Phi) is 2.65. The molecule has 4 nitrogen and oxygen atoms in total. The molecule has 0 bridgehead atoms. The maximum atomic E-state index is 4.52. The fourth-order valence-electron chi connectivity index (χ4n) is 2.38. The Morgan fingerprint density at radius 1 is 1.41 bits per heavy atom. The van der Waals surface area contributed by atoms with E-state index < -0.39 is 0 Å². The first-order valence-corrected chi connectivity index (χ1v) is 6.01. The molecule has 3 rings (SSSR count). The lowest BCUT2D eigenvalue weighted by molar-refractivity contribution is 0.516. The van der Waals surface area contributed by atoms with Crippen molar-refractivity contribution in [3.63, 3.8) is 0 Å². The first-order chi connectivity index (χ1) is 8.34. The van der Waals surface area contributed by atoms with E-state index in [1.54, 1.807) is 0 Å². The highest BCUT2D eigenvalue weighted by Gasteiger charge is 2.20. The number of pyridine rings is 1. The summed E-state index contributed by atoms with van der Waals surface area (Å²) in [4.78, 5) is 8.56. The summed E-state index contributed by atoms with van der Waals surface area (Å²) in [6, 6.07) is 4.48. The molecule has 1 aliphatic rings. The summed E-state index contributed by atoms with van der Waals surface area (Å²) in [5.41, 5.74) is 3.84. The number of aromatic nitrogens is 3. The molecule has 0 saturated heterocycles. The van der Waals surface area contributed by atoms with Crippen LogP contribution in [-0.2, 0) is 13.0 Å². The molecule has 0 radical (unpaired) electrons. The monoisotopic (exact) mass is 228 g/mol. The van der Waals surface area contributed by atoms with Crippen molar-refractivity contribution in [2.75, 3.05) is 6.54 Å². The maximum Gasteiger partial charge on any atom is 0.0955 e. The van der Waals surface area contributed by atoms with Crippen LogP contribution in [0.25, 0.3) is 0 Å². The molecule has 1 N–H and O–H groups in total. The van der Waals surface area contributed by atoms with Gasteiger partial charge in [0.15, 0.2) is 0 Å². The second-order valence-corrected chi connectivity index (χ2v) is 4.49. The molecule has 1 atom stereocenters. The fourth-order valence-corrected chi connectivity index (χ4v) is 2.38. The van der Waals surface area contributed by atoms with Crippen LogP contribution < -0.4 is 5.32 Å². The molecule has 2 aromatic rings. The number of hydrogen-bond acceptors (Lipinski definition) is 3. The van der Waals surface area contributed by atoms with Gasteiger partial charge in [0.1, 0.15) is 0 Å². The van der Waals surface area contributed by atoms with Crippen molar-refractivity contribution in [2.24, 2.45) is 0 Å². The van der Waals surface area contributed by atoms with E-state index in [4.69, 9.17) is 0 Å². The zero-order valence-corrected chi connectivity index (χ0v) is 9.93. The maximum absolute atomic E-state index is 4.52. The Morgan fingerprint density at radius 3 is 3.06 bits per heavy atom. The Labute approximate surface area is 101 Å². The molecule has 0 fully saturated rings. The number of fused-ring (bicyclic) bond motifs is 1. The quantitative estimate of drug-likeness (QED) is 0.847. The first-order valence-electron chi connectivity index (χ1n) is 6.01. The van der Waals surface area contributed by atoms with Crippen LogP contribution in [-0.4, -0.2) is 21.1 Å². The molecule has 3 heterocycles. The van der Waals surface area contributed by atoms with E-state index in [1.165, 1.54) is 17.0 Å². The van der Waals surface area contributed by atoms with Crippen molar-refractivity contribution in [2.45, 2.75) is 25.9 Å². The van der Waals surface area contributed by atoms with Gasteiger partial charge in [0.05, 0.1) is 12.0 Å². The molecule has 4 heteroatoms. The third kappa shape index (κ3) is 1.96. The number of imidazole rings is 1. The van der Waals surface area contributed by atoms with Crippen LogP contribution in [0.15, 0.2) is 30.9 Å². The normalized spacial score (nSPS) is 19.0. The van der Waals surface area contributed by atoms with Crippen molar-refractivity contribution < 1.29 is 0 Å². The molecule has 0 spiro atoms. The fraction of sp³-hybridized carbons (Fsp3) is 0.385. The smallest absolute Gasteiger partial charge is 0.0955 e. The Bertz CT molecular complexity index is 503. The first kappa shape index (κ1) is 10.5. The summed E-state index contributed by atoms with van der Waals surface area (Å²) >= 11 is 0. The van der Waals surface area contributed by atoms with Gasteiger partial charge in [-0.05, 0) is 24.6 Å². The molecule has 17 heavy (non-hydrogen) atoms. The van der Waals surface area contributed by atoms with Crippen molar-refractivity contribution in [1.82, 2.24) is 19.9 Å². The van der Waals surface area contributed by atoms with E-state index in [0.29, 0.717) is 6.04 Å². The Hall–Kier alpha value is -1.68. The van der Waals surface area contributed by atoms with Gasteiger partial charge in [-0.2, -0.15) is 0 Å². The van der Waals surface area contributed by atoms with E-state index in [9.17, 15) is 0 Å². The van der Waals surface area contributed by atoms with Crippen molar-refractivity contribution in [1.29, 1.82) is 0 Å². The molecule has 0 aliphatic carbocycles. The van der Waals surface area contributed by atoms with E-state index in [0.717, 1.165) is 19.5 Å². The Balaban J connectivity index is 1.90. The van der Waals surface area contributed by atoms with Gasteiger partial charge < -0.3 is 9.88 Å². The van der Waals surface area contributed by atoms with Crippen molar-refractivity contribution >= 4 is 0 Å².